The molecule has 5 nitrogen and oxygen atoms in total. The van der Waals surface area contributed by atoms with Crippen LogP contribution in [0.2, 0.25) is 0 Å². The van der Waals surface area contributed by atoms with Crippen LogP contribution in [0.4, 0.5) is 13.2 Å². The average Bonchev–Trinajstić information content (AvgIpc) is 3.11. The first kappa shape index (κ1) is 20.5. The van der Waals surface area contributed by atoms with Crippen molar-refractivity contribution in [3.05, 3.63) is 83.4 Å². The molecule has 4 rings (SSSR count). The second-order valence-electron chi connectivity index (χ2n) is 6.95. The molecule has 0 saturated carbocycles. The minimum Gasteiger partial charge on any atom is -0.497 e. The van der Waals surface area contributed by atoms with Crippen LogP contribution in [0, 0.1) is 0 Å². The highest BCUT2D eigenvalue weighted by Gasteiger charge is 2.30. The number of ether oxygens (including phenoxy) is 1. The molecular weight excluding hydrogens is 409 g/mol. The van der Waals surface area contributed by atoms with Crippen LogP contribution in [0.5, 0.6) is 5.75 Å². The molecule has 1 aromatic heterocycles. The van der Waals surface area contributed by atoms with E-state index in [1.54, 1.807) is 25.3 Å². The molecular formula is C23H17F3N2O3. The van der Waals surface area contributed by atoms with Gasteiger partial charge in [-0.3, -0.25) is 0 Å². The molecule has 0 radical (unpaired) electrons. The molecule has 8 heteroatoms. The molecule has 0 unspecified atom stereocenters. The third-order valence-corrected chi connectivity index (χ3v) is 4.97. The van der Waals surface area contributed by atoms with Crippen molar-refractivity contribution < 1.29 is 27.8 Å². The molecule has 0 aliphatic carbocycles. The molecule has 0 atom stereocenters. The average molecular weight is 426 g/mol. The number of carbonyl (C=O) groups is 1. The zero-order valence-corrected chi connectivity index (χ0v) is 16.3. The van der Waals surface area contributed by atoms with Gasteiger partial charge in [0.25, 0.3) is 0 Å². The van der Waals surface area contributed by atoms with E-state index in [0.29, 0.717) is 28.2 Å². The molecule has 158 valence electrons. The number of carboxylic acids is 1. The molecule has 1 N–H and O–H groups in total. The van der Waals surface area contributed by atoms with Crippen LogP contribution in [0.1, 0.15) is 21.5 Å². The van der Waals surface area contributed by atoms with E-state index in [1.165, 1.54) is 24.3 Å². The largest absolute Gasteiger partial charge is 0.497 e. The topological polar surface area (TPSA) is 64.3 Å². The van der Waals surface area contributed by atoms with Crippen LogP contribution in [-0.4, -0.2) is 27.7 Å². The maximum Gasteiger partial charge on any atom is 0.416 e. The van der Waals surface area contributed by atoms with Crippen molar-refractivity contribution >= 4 is 17.0 Å². The number of methoxy groups -OCH3 is 1. The van der Waals surface area contributed by atoms with E-state index in [2.05, 4.69) is 4.98 Å². The Bertz CT molecular complexity index is 1240. The number of imidazole rings is 1. The minimum atomic E-state index is -4.40. The normalized spacial score (nSPS) is 11.6. The van der Waals surface area contributed by atoms with Crippen LogP contribution in [0.25, 0.3) is 22.4 Å². The highest BCUT2D eigenvalue weighted by molar-refractivity contribution is 5.93. The predicted molar refractivity (Wildman–Crippen MR) is 109 cm³/mol. The Kier molecular flexibility index (Phi) is 5.14. The number of halogens is 3. The van der Waals surface area contributed by atoms with Gasteiger partial charge in [-0.05, 0) is 60.2 Å². The molecule has 0 saturated heterocycles. The summed E-state index contributed by atoms with van der Waals surface area (Å²) in [5.41, 5.74) is 1.97. The maximum absolute atomic E-state index is 12.9. The van der Waals surface area contributed by atoms with Crippen molar-refractivity contribution in [2.75, 3.05) is 7.11 Å². The number of benzene rings is 3. The van der Waals surface area contributed by atoms with E-state index in [1.807, 2.05) is 16.7 Å². The summed E-state index contributed by atoms with van der Waals surface area (Å²) >= 11 is 0. The van der Waals surface area contributed by atoms with Gasteiger partial charge in [-0.15, -0.1) is 0 Å². The van der Waals surface area contributed by atoms with Crippen molar-refractivity contribution in [2.45, 2.75) is 12.7 Å². The van der Waals surface area contributed by atoms with Crippen LogP contribution in [0.3, 0.4) is 0 Å². The van der Waals surface area contributed by atoms with E-state index in [0.717, 1.165) is 17.7 Å². The lowest BCUT2D eigenvalue weighted by molar-refractivity contribution is -0.137. The fourth-order valence-corrected chi connectivity index (χ4v) is 3.37. The third-order valence-electron chi connectivity index (χ3n) is 4.97. The Morgan fingerprint density at radius 2 is 1.71 bits per heavy atom. The molecule has 0 fully saturated rings. The maximum atomic E-state index is 12.9. The molecule has 4 aromatic rings. The first-order chi connectivity index (χ1) is 14.8. The summed E-state index contributed by atoms with van der Waals surface area (Å²) < 4.78 is 45.7. The third kappa shape index (κ3) is 4.09. The van der Waals surface area contributed by atoms with Gasteiger partial charge < -0.3 is 14.4 Å². The molecule has 0 spiro atoms. The Morgan fingerprint density at radius 1 is 1.03 bits per heavy atom. The molecule has 3 aromatic carbocycles. The molecule has 0 amide bonds. The van der Waals surface area contributed by atoms with Gasteiger partial charge in [0, 0.05) is 12.1 Å². The van der Waals surface area contributed by atoms with Gasteiger partial charge in [0.15, 0.2) is 0 Å². The van der Waals surface area contributed by atoms with Gasteiger partial charge in [-0.1, -0.05) is 12.1 Å². The first-order valence-electron chi connectivity index (χ1n) is 9.30. The summed E-state index contributed by atoms with van der Waals surface area (Å²) in [6, 6.07) is 16.8. The lowest BCUT2D eigenvalue weighted by Crippen LogP contribution is -2.06. The Labute approximate surface area is 175 Å². The number of aromatic nitrogens is 2. The monoisotopic (exact) mass is 426 g/mol. The number of fused-ring (bicyclic) bond motifs is 1. The summed E-state index contributed by atoms with van der Waals surface area (Å²) in [5, 5.41) is 9.28. The quantitative estimate of drug-likeness (QED) is 0.459. The second kappa shape index (κ2) is 7.79. The van der Waals surface area contributed by atoms with Gasteiger partial charge in [0.1, 0.15) is 11.6 Å². The highest BCUT2D eigenvalue weighted by Crippen LogP contribution is 2.31. The summed E-state index contributed by atoms with van der Waals surface area (Å²) in [5.74, 6) is 0.174. The standard InChI is InChI=1S/C23H17F3N2O3/c1-31-18-9-4-15(5-10-18)21-27-19-12-16(22(29)30)6-11-20(19)28(21)13-14-2-7-17(8-3-14)23(24,25)26/h2-12H,13H2,1H3,(H,29,30). The fourth-order valence-electron chi connectivity index (χ4n) is 3.37. The zero-order valence-electron chi connectivity index (χ0n) is 16.3. The molecule has 1 heterocycles. The molecule has 0 bridgehead atoms. The van der Waals surface area contributed by atoms with Crippen molar-refractivity contribution in [3.63, 3.8) is 0 Å². The summed E-state index contributed by atoms with van der Waals surface area (Å²) in [4.78, 5) is 16.0. The van der Waals surface area contributed by atoms with E-state index in [9.17, 15) is 23.1 Å². The van der Waals surface area contributed by atoms with E-state index >= 15 is 0 Å². The summed E-state index contributed by atoms with van der Waals surface area (Å²) in [6.07, 6.45) is -4.40. The number of hydrogen-bond acceptors (Lipinski definition) is 3. The van der Waals surface area contributed by atoms with E-state index in [4.69, 9.17) is 4.74 Å². The number of rotatable bonds is 5. The molecule has 0 aliphatic heterocycles. The first-order valence-corrected chi connectivity index (χ1v) is 9.30. The predicted octanol–water partition coefficient (Wildman–Crippen LogP) is 5.48. The SMILES string of the molecule is COc1ccc(-c2nc3cc(C(=O)O)ccc3n2Cc2ccc(C(F)(F)F)cc2)cc1. The van der Waals surface area contributed by atoms with Crippen molar-refractivity contribution in [2.24, 2.45) is 0 Å². The number of carboxylic acid groups (broad SMARTS) is 1. The molecule has 31 heavy (non-hydrogen) atoms. The molecule has 0 aliphatic rings. The smallest absolute Gasteiger partial charge is 0.416 e. The Balaban J connectivity index is 1.81. The Hall–Kier alpha value is -3.81. The second-order valence-corrected chi connectivity index (χ2v) is 6.95. The Morgan fingerprint density at radius 3 is 2.29 bits per heavy atom. The number of alkyl halides is 3. The van der Waals surface area contributed by atoms with Crippen LogP contribution in [0.15, 0.2) is 66.7 Å². The van der Waals surface area contributed by atoms with Gasteiger partial charge in [-0.2, -0.15) is 13.2 Å². The summed E-state index contributed by atoms with van der Waals surface area (Å²) in [6.45, 7) is 0.266. The van der Waals surface area contributed by atoms with E-state index in [-0.39, 0.29) is 12.1 Å². The van der Waals surface area contributed by atoms with Gasteiger partial charge in [0.2, 0.25) is 0 Å². The number of aromatic carboxylic acids is 1. The fraction of sp³-hybridized carbons (Fsp3) is 0.130. The van der Waals surface area contributed by atoms with Crippen LogP contribution < -0.4 is 4.74 Å². The van der Waals surface area contributed by atoms with E-state index < -0.39 is 17.7 Å². The number of nitrogens with zero attached hydrogens (tertiary/aromatic N) is 2. The highest BCUT2D eigenvalue weighted by atomic mass is 19.4. The van der Waals surface area contributed by atoms with Crippen molar-refractivity contribution in [1.29, 1.82) is 0 Å². The summed E-state index contributed by atoms with van der Waals surface area (Å²) in [7, 11) is 1.56. The van der Waals surface area contributed by atoms with Gasteiger partial charge in [-0.25, -0.2) is 9.78 Å². The van der Waals surface area contributed by atoms with Gasteiger partial charge in [0.05, 0.1) is 29.3 Å². The number of hydrogen-bond donors (Lipinski definition) is 1. The van der Waals surface area contributed by atoms with Crippen LogP contribution >= 0.6 is 0 Å². The van der Waals surface area contributed by atoms with Gasteiger partial charge >= 0.3 is 12.1 Å². The van der Waals surface area contributed by atoms with Crippen molar-refractivity contribution in [3.8, 4) is 17.1 Å². The zero-order chi connectivity index (χ0) is 22.2. The van der Waals surface area contributed by atoms with Crippen LogP contribution in [-0.2, 0) is 12.7 Å². The lowest BCUT2D eigenvalue weighted by Gasteiger charge is -2.12. The minimum absolute atomic E-state index is 0.105. The lowest BCUT2D eigenvalue weighted by atomic mass is 10.1. The van der Waals surface area contributed by atoms with Crippen molar-refractivity contribution in [1.82, 2.24) is 9.55 Å².